The molecule has 7 heteroatoms. The normalized spacial score (nSPS) is 20.8. The number of hydrogen-bond acceptors (Lipinski definition) is 3. The van der Waals surface area contributed by atoms with E-state index in [1.54, 1.807) is 7.05 Å². The van der Waals surface area contributed by atoms with Crippen molar-refractivity contribution in [1.29, 1.82) is 0 Å². The monoisotopic (exact) mass is 427 g/mol. The van der Waals surface area contributed by atoms with Crippen LogP contribution in [0.1, 0.15) is 31.2 Å². The maximum Gasteiger partial charge on any atom is 0.191 e. The third kappa shape index (κ3) is 4.97. The van der Waals surface area contributed by atoms with Crippen molar-refractivity contribution in [2.75, 3.05) is 32.1 Å². The number of guanidine groups is 1. The molecule has 0 spiro atoms. The summed E-state index contributed by atoms with van der Waals surface area (Å²) in [6, 6.07) is 8.50. The third-order valence-electron chi connectivity index (χ3n) is 5.26. The maximum absolute atomic E-state index is 11.6. The van der Waals surface area contributed by atoms with Crippen LogP contribution in [0.2, 0.25) is 0 Å². The van der Waals surface area contributed by atoms with E-state index in [-0.39, 0.29) is 16.6 Å². The van der Waals surface area contributed by atoms with E-state index in [2.05, 4.69) is 49.8 Å². The molecule has 0 amide bonds. The summed E-state index contributed by atoms with van der Waals surface area (Å²) in [6.07, 6.45) is 5.59. The van der Waals surface area contributed by atoms with Crippen molar-refractivity contribution in [3.05, 3.63) is 34.3 Å². The highest BCUT2D eigenvalue weighted by atomic mass is 79.9. The summed E-state index contributed by atoms with van der Waals surface area (Å²) in [4.78, 5) is 4.29. The first-order chi connectivity index (χ1) is 11.8. The minimum absolute atomic E-state index is 0.104. The fraction of sp³-hybridized carbons (Fsp3) is 0.611. The zero-order valence-electron chi connectivity index (χ0n) is 14.8. The molecule has 138 valence electrons. The van der Waals surface area contributed by atoms with Gasteiger partial charge in [0.25, 0.3) is 0 Å². The van der Waals surface area contributed by atoms with Crippen molar-refractivity contribution in [2.24, 2.45) is 10.4 Å². The Morgan fingerprint density at radius 3 is 2.40 bits per heavy atom. The highest BCUT2D eigenvalue weighted by Gasteiger charge is 2.46. The molecule has 2 aliphatic carbocycles. The van der Waals surface area contributed by atoms with E-state index < -0.39 is 9.84 Å². The second kappa shape index (κ2) is 6.91. The van der Waals surface area contributed by atoms with E-state index in [1.165, 1.54) is 24.7 Å². The highest BCUT2D eigenvalue weighted by Crippen LogP contribution is 2.48. The SMILES string of the molecule is CN=C(NCC1(CS(C)(=O)=O)CC1)NCC1(c2cccc(Br)c2)CC1. The van der Waals surface area contributed by atoms with E-state index in [0.29, 0.717) is 6.54 Å². The Balaban J connectivity index is 1.54. The smallest absolute Gasteiger partial charge is 0.191 e. The molecule has 0 unspecified atom stereocenters. The van der Waals surface area contributed by atoms with Crippen LogP contribution in [-0.4, -0.2) is 46.5 Å². The van der Waals surface area contributed by atoms with Gasteiger partial charge in [-0.3, -0.25) is 4.99 Å². The van der Waals surface area contributed by atoms with E-state index in [0.717, 1.165) is 29.8 Å². The number of rotatable bonds is 7. The van der Waals surface area contributed by atoms with Gasteiger partial charge in [0.15, 0.2) is 5.96 Å². The van der Waals surface area contributed by atoms with Crippen LogP contribution < -0.4 is 10.6 Å². The van der Waals surface area contributed by atoms with Crippen LogP contribution in [0.15, 0.2) is 33.7 Å². The molecule has 1 aromatic rings. The Morgan fingerprint density at radius 1 is 1.20 bits per heavy atom. The molecule has 2 fully saturated rings. The molecule has 0 saturated heterocycles. The predicted molar refractivity (Wildman–Crippen MR) is 106 cm³/mol. The molecule has 25 heavy (non-hydrogen) atoms. The summed E-state index contributed by atoms with van der Waals surface area (Å²) in [6.45, 7) is 1.49. The summed E-state index contributed by atoms with van der Waals surface area (Å²) >= 11 is 3.55. The zero-order valence-corrected chi connectivity index (χ0v) is 17.2. The topological polar surface area (TPSA) is 70.6 Å². The van der Waals surface area contributed by atoms with Crippen LogP contribution in [0.4, 0.5) is 0 Å². The number of hydrogen-bond donors (Lipinski definition) is 2. The van der Waals surface area contributed by atoms with E-state index in [1.807, 2.05) is 6.07 Å². The lowest BCUT2D eigenvalue weighted by atomic mass is 9.96. The van der Waals surface area contributed by atoms with Crippen molar-refractivity contribution in [3.8, 4) is 0 Å². The Morgan fingerprint density at radius 2 is 1.88 bits per heavy atom. The average molecular weight is 428 g/mol. The lowest BCUT2D eigenvalue weighted by Gasteiger charge is -2.21. The molecule has 3 rings (SSSR count). The summed E-state index contributed by atoms with van der Waals surface area (Å²) in [7, 11) is -1.19. The van der Waals surface area contributed by atoms with Crippen LogP contribution >= 0.6 is 15.9 Å². The lowest BCUT2D eigenvalue weighted by molar-refractivity contribution is 0.527. The minimum Gasteiger partial charge on any atom is -0.356 e. The summed E-state index contributed by atoms with van der Waals surface area (Å²) < 4.78 is 24.3. The fourth-order valence-corrected chi connectivity index (χ4v) is 5.29. The first-order valence-electron chi connectivity index (χ1n) is 8.64. The minimum atomic E-state index is -2.94. The predicted octanol–water partition coefficient (Wildman–Crippen LogP) is 2.47. The molecule has 0 heterocycles. The lowest BCUT2D eigenvalue weighted by Crippen LogP contribution is -2.44. The van der Waals surface area contributed by atoms with E-state index in [9.17, 15) is 8.42 Å². The Labute approximate surface area is 158 Å². The van der Waals surface area contributed by atoms with Crippen molar-refractivity contribution in [2.45, 2.75) is 31.1 Å². The molecular weight excluding hydrogens is 402 g/mol. The molecule has 0 aliphatic heterocycles. The third-order valence-corrected chi connectivity index (χ3v) is 6.89. The zero-order chi connectivity index (χ0) is 18.1. The van der Waals surface area contributed by atoms with Gasteiger partial charge in [-0.25, -0.2) is 8.42 Å². The van der Waals surface area contributed by atoms with Gasteiger partial charge in [-0.05, 0) is 43.4 Å². The second-order valence-corrected chi connectivity index (χ2v) is 10.7. The quantitative estimate of drug-likeness (QED) is 0.517. The van der Waals surface area contributed by atoms with Crippen LogP contribution in [0, 0.1) is 5.41 Å². The molecule has 0 bridgehead atoms. The van der Waals surface area contributed by atoms with Gasteiger partial charge in [0.2, 0.25) is 0 Å². The van der Waals surface area contributed by atoms with Crippen molar-refractivity contribution in [1.82, 2.24) is 10.6 Å². The molecule has 0 aromatic heterocycles. The second-order valence-electron chi connectivity index (χ2n) is 7.64. The van der Waals surface area contributed by atoms with E-state index in [4.69, 9.17) is 0 Å². The van der Waals surface area contributed by atoms with Gasteiger partial charge in [0.1, 0.15) is 9.84 Å². The fourth-order valence-electron chi connectivity index (χ4n) is 3.39. The summed E-state index contributed by atoms with van der Waals surface area (Å²) in [5, 5.41) is 6.75. The molecule has 1 aromatic carbocycles. The Kier molecular flexibility index (Phi) is 5.17. The molecular formula is C18H26BrN3O2S. The van der Waals surface area contributed by atoms with Crippen LogP contribution in [0.5, 0.6) is 0 Å². The molecule has 0 atom stereocenters. The molecule has 2 aliphatic rings. The van der Waals surface area contributed by atoms with Gasteiger partial charge in [0, 0.05) is 41.7 Å². The van der Waals surface area contributed by atoms with Crippen LogP contribution in [0.25, 0.3) is 0 Å². The van der Waals surface area contributed by atoms with Crippen molar-refractivity contribution >= 4 is 31.7 Å². The van der Waals surface area contributed by atoms with Gasteiger partial charge in [-0.15, -0.1) is 0 Å². The standard InChI is InChI=1S/C18H26BrN3O2S/c1-20-16(21-11-17(6-7-17)13-25(2,23)24)22-12-18(8-9-18)14-4-3-5-15(19)10-14/h3-5,10H,6-9,11-13H2,1-2H3,(H2,20,21,22). The van der Waals surface area contributed by atoms with Crippen molar-refractivity contribution < 1.29 is 8.42 Å². The Bertz CT molecular complexity index is 768. The largest absolute Gasteiger partial charge is 0.356 e. The highest BCUT2D eigenvalue weighted by molar-refractivity contribution is 9.10. The summed E-state index contributed by atoms with van der Waals surface area (Å²) in [5.74, 6) is 1.01. The van der Waals surface area contributed by atoms with Gasteiger partial charge in [-0.2, -0.15) is 0 Å². The first-order valence-corrected chi connectivity index (χ1v) is 11.5. The molecule has 0 radical (unpaired) electrons. The van der Waals surface area contributed by atoms with Crippen molar-refractivity contribution in [3.63, 3.8) is 0 Å². The number of aliphatic imine (C=N–C) groups is 1. The molecule has 5 nitrogen and oxygen atoms in total. The van der Waals surface area contributed by atoms with Crippen LogP contribution in [-0.2, 0) is 15.3 Å². The van der Waals surface area contributed by atoms with Gasteiger partial charge < -0.3 is 10.6 Å². The number of benzene rings is 1. The Hall–Kier alpha value is -1.08. The van der Waals surface area contributed by atoms with Crippen LogP contribution in [0.3, 0.4) is 0 Å². The number of halogens is 1. The summed E-state index contributed by atoms with van der Waals surface area (Å²) in [5.41, 5.74) is 1.43. The van der Waals surface area contributed by atoms with Gasteiger partial charge >= 0.3 is 0 Å². The number of nitrogens with zero attached hydrogens (tertiary/aromatic N) is 1. The number of nitrogens with one attached hydrogen (secondary N) is 2. The maximum atomic E-state index is 11.6. The van der Waals surface area contributed by atoms with Gasteiger partial charge in [-0.1, -0.05) is 28.1 Å². The van der Waals surface area contributed by atoms with Gasteiger partial charge in [0.05, 0.1) is 5.75 Å². The number of sulfone groups is 1. The molecule has 2 saturated carbocycles. The van der Waals surface area contributed by atoms with E-state index >= 15 is 0 Å². The average Bonchev–Trinajstić information content (AvgIpc) is 3.44. The molecule has 2 N–H and O–H groups in total. The first kappa shape index (κ1) is 18.7.